The zero-order valence-electron chi connectivity index (χ0n) is 41.8. The van der Waals surface area contributed by atoms with Gasteiger partial charge in [-0.25, -0.2) is 4.57 Å². The highest BCUT2D eigenvalue weighted by Crippen LogP contribution is 2.43. The number of unbranched alkanes of at least 4 members (excludes halogenated alkanes) is 36. The molecule has 0 radical (unpaired) electrons. The summed E-state index contributed by atoms with van der Waals surface area (Å²) in [6, 6.07) is 0. The monoisotopic (exact) mass is 931 g/mol. The van der Waals surface area contributed by atoms with Crippen LogP contribution in [0.15, 0.2) is 12.2 Å². The van der Waals surface area contributed by atoms with Gasteiger partial charge in [-0.05, 0) is 38.5 Å². The third kappa shape index (κ3) is 47.2. The van der Waals surface area contributed by atoms with Crippen LogP contribution < -0.4 is 0 Å². The molecule has 0 saturated carbocycles. The summed E-state index contributed by atoms with van der Waals surface area (Å²) in [5, 5.41) is 19.3. The number of aliphatic hydroxyl groups excluding tert-OH is 2. The molecule has 0 aliphatic carbocycles. The molecule has 3 N–H and O–H groups in total. The second-order valence-electron chi connectivity index (χ2n) is 18.6. The van der Waals surface area contributed by atoms with Gasteiger partial charge >= 0.3 is 19.8 Å². The Morgan fingerprint density at radius 2 is 0.641 bits per heavy atom. The number of carbonyl (C=O) groups is 2. The van der Waals surface area contributed by atoms with Crippen LogP contribution in [0.3, 0.4) is 0 Å². The quantitative estimate of drug-likeness (QED) is 0.0233. The van der Waals surface area contributed by atoms with E-state index in [-0.39, 0.29) is 12.8 Å². The summed E-state index contributed by atoms with van der Waals surface area (Å²) in [6.45, 7) is 2.28. The van der Waals surface area contributed by atoms with Crippen LogP contribution in [0.4, 0.5) is 0 Å². The first-order valence-electron chi connectivity index (χ1n) is 27.1. The number of rotatable bonds is 52. The summed E-state index contributed by atoms with van der Waals surface area (Å²) in [4.78, 5) is 34.7. The van der Waals surface area contributed by atoms with E-state index in [9.17, 15) is 29.3 Å². The van der Waals surface area contributed by atoms with Gasteiger partial charge in [-0.3, -0.25) is 18.6 Å². The number of phosphoric acid groups is 1. The normalized spacial score (nSPS) is 13.6. The number of carbonyl (C=O) groups excluding carboxylic acids is 2. The minimum Gasteiger partial charge on any atom is -0.457 e. The Labute approximate surface area is 394 Å². The molecule has 64 heavy (non-hydrogen) atoms. The predicted molar refractivity (Wildman–Crippen MR) is 265 cm³/mol. The Morgan fingerprint density at radius 1 is 0.406 bits per heavy atom. The molecule has 0 spiro atoms. The first-order chi connectivity index (χ1) is 31.3. The van der Waals surface area contributed by atoms with Crippen molar-refractivity contribution in [3.63, 3.8) is 0 Å². The van der Waals surface area contributed by atoms with E-state index in [0.29, 0.717) is 12.8 Å². The van der Waals surface area contributed by atoms with Gasteiger partial charge in [0, 0.05) is 12.8 Å². The lowest BCUT2D eigenvalue weighted by atomic mass is 10.0. The average Bonchev–Trinajstić information content (AvgIpc) is 3.29. The fourth-order valence-electron chi connectivity index (χ4n) is 8.05. The number of esters is 2. The lowest BCUT2D eigenvalue weighted by Gasteiger charge is -2.20. The zero-order chi connectivity index (χ0) is 46.9. The van der Waals surface area contributed by atoms with E-state index in [4.69, 9.17) is 18.5 Å². The predicted octanol–water partition coefficient (Wildman–Crippen LogP) is 15.5. The van der Waals surface area contributed by atoms with Crippen molar-refractivity contribution in [1.29, 1.82) is 0 Å². The first kappa shape index (κ1) is 62.7. The SMILES string of the molecule is CCCCCCCCCC/C=C\CCCCCCCCCCCC(=O)OC(CO)COP(=O)(O)OCC(CO)OC(=O)CCCCCCCCCCCCCCCCCCCCCC. The summed E-state index contributed by atoms with van der Waals surface area (Å²) in [6.07, 6.45) is 51.9. The third-order valence-corrected chi connectivity index (χ3v) is 13.2. The molecule has 0 aliphatic heterocycles. The molecule has 0 saturated heterocycles. The number of aliphatic hydroxyl groups is 2. The molecule has 0 amide bonds. The van der Waals surface area contributed by atoms with Crippen LogP contribution in [0, 0.1) is 0 Å². The van der Waals surface area contributed by atoms with E-state index >= 15 is 0 Å². The molecule has 0 fully saturated rings. The molecule has 0 aliphatic rings. The molecule has 0 bridgehead atoms. The topological polar surface area (TPSA) is 149 Å². The molecule has 0 rings (SSSR count). The Hall–Kier alpha value is -1.29. The fourth-order valence-corrected chi connectivity index (χ4v) is 8.84. The van der Waals surface area contributed by atoms with Gasteiger partial charge in [0.2, 0.25) is 0 Å². The minimum absolute atomic E-state index is 0.194. The van der Waals surface area contributed by atoms with E-state index in [1.807, 2.05) is 0 Å². The largest absolute Gasteiger partial charge is 0.472 e. The fraction of sp³-hybridized carbons (Fsp3) is 0.925. The lowest BCUT2D eigenvalue weighted by Crippen LogP contribution is -2.28. The molecule has 3 atom stereocenters. The highest BCUT2D eigenvalue weighted by Gasteiger charge is 2.27. The molecular weight excluding hydrogens is 828 g/mol. The van der Waals surface area contributed by atoms with Gasteiger partial charge < -0.3 is 24.6 Å². The van der Waals surface area contributed by atoms with Crippen LogP contribution in [0.1, 0.15) is 277 Å². The Morgan fingerprint density at radius 3 is 0.891 bits per heavy atom. The number of allylic oxidation sites excluding steroid dienone is 2. The Balaban J connectivity index is 3.78. The zero-order valence-corrected chi connectivity index (χ0v) is 42.7. The van der Waals surface area contributed by atoms with Gasteiger partial charge in [-0.1, -0.05) is 238 Å². The van der Waals surface area contributed by atoms with E-state index < -0.39 is 58.4 Å². The first-order valence-corrected chi connectivity index (χ1v) is 28.6. The number of ether oxygens (including phenoxy) is 2. The average molecular weight is 931 g/mol. The van der Waals surface area contributed by atoms with Crippen LogP contribution in [0.5, 0.6) is 0 Å². The van der Waals surface area contributed by atoms with Crippen LogP contribution >= 0.6 is 7.82 Å². The highest BCUT2D eigenvalue weighted by molar-refractivity contribution is 7.47. The van der Waals surface area contributed by atoms with Crippen molar-refractivity contribution < 1.29 is 47.8 Å². The van der Waals surface area contributed by atoms with Crippen molar-refractivity contribution in [2.45, 2.75) is 289 Å². The van der Waals surface area contributed by atoms with Gasteiger partial charge in [0.1, 0.15) is 12.2 Å². The third-order valence-electron chi connectivity index (χ3n) is 12.2. The highest BCUT2D eigenvalue weighted by atomic mass is 31.2. The standard InChI is InChI=1S/C53H103O10P/c1-3-5-7-9-11-13-15-17-19-21-23-25-27-29-31-33-35-37-39-41-43-45-53(57)63-51(47-55)49-61-64(58,59)60-48-50(46-54)62-52(56)44-42-40-38-36-34-32-30-28-26-24-22-20-18-16-14-12-10-8-6-4-2/h21,23,50-51,54-55H,3-20,22,24-49H2,1-2H3,(H,58,59)/b23-21-. The second-order valence-corrected chi connectivity index (χ2v) is 20.0. The molecule has 0 aromatic carbocycles. The van der Waals surface area contributed by atoms with Crippen LogP contribution in [-0.2, 0) is 32.7 Å². The Bertz CT molecular complexity index is 1070. The summed E-state index contributed by atoms with van der Waals surface area (Å²) >= 11 is 0. The summed E-state index contributed by atoms with van der Waals surface area (Å²) in [7, 11) is -4.64. The van der Waals surface area contributed by atoms with Crippen molar-refractivity contribution in [3.8, 4) is 0 Å². The van der Waals surface area contributed by atoms with E-state index in [0.717, 1.165) is 38.5 Å². The van der Waals surface area contributed by atoms with E-state index in [2.05, 4.69) is 26.0 Å². The van der Waals surface area contributed by atoms with Crippen LogP contribution in [0.2, 0.25) is 0 Å². The molecule has 11 heteroatoms. The smallest absolute Gasteiger partial charge is 0.457 e. The molecule has 3 unspecified atom stereocenters. The molecule has 0 heterocycles. The van der Waals surface area contributed by atoms with Crippen molar-refractivity contribution in [2.24, 2.45) is 0 Å². The molecular formula is C53H103O10P. The second kappa shape index (κ2) is 49.6. The number of hydrogen-bond donors (Lipinski definition) is 3. The molecule has 380 valence electrons. The van der Waals surface area contributed by atoms with Gasteiger partial charge in [0.15, 0.2) is 0 Å². The van der Waals surface area contributed by atoms with E-state index in [1.54, 1.807) is 0 Å². The number of phosphoric ester groups is 1. The van der Waals surface area contributed by atoms with Gasteiger partial charge in [-0.15, -0.1) is 0 Å². The maximum Gasteiger partial charge on any atom is 0.472 e. The lowest BCUT2D eigenvalue weighted by molar-refractivity contribution is -0.153. The number of hydrogen-bond acceptors (Lipinski definition) is 9. The summed E-state index contributed by atoms with van der Waals surface area (Å²) in [5.74, 6) is -1.00. The van der Waals surface area contributed by atoms with Gasteiger partial charge in [0.05, 0.1) is 26.4 Å². The summed E-state index contributed by atoms with van der Waals surface area (Å²) < 4.78 is 32.8. The molecule has 10 nitrogen and oxygen atoms in total. The maximum atomic E-state index is 12.4. The summed E-state index contributed by atoms with van der Waals surface area (Å²) in [5.41, 5.74) is 0. The van der Waals surface area contributed by atoms with Crippen molar-refractivity contribution >= 4 is 19.8 Å². The van der Waals surface area contributed by atoms with Crippen molar-refractivity contribution in [2.75, 3.05) is 26.4 Å². The van der Waals surface area contributed by atoms with Crippen molar-refractivity contribution in [1.82, 2.24) is 0 Å². The van der Waals surface area contributed by atoms with Crippen LogP contribution in [-0.4, -0.2) is 65.7 Å². The van der Waals surface area contributed by atoms with E-state index in [1.165, 1.54) is 199 Å². The minimum atomic E-state index is -4.64. The maximum absolute atomic E-state index is 12.4. The molecule has 0 aromatic heterocycles. The van der Waals surface area contributed by atoms with Crippen molar-refractivity contribution in [3.05, 3.63) is 12.2 Å². The van der Waals surface area contributed by atoms with Crippen LogP contribution in [0.25, 0.3) is 0 Å². The Kier molecular flexibility index (Phi) is 48.6. The molecule has 0 aromatic rings. The van der Waals surface area contributed by atoms with Gasteiger partial charge in [0.25, 0.3) is 0 Å². The van der Waals surface area contributed by atoms with Gasteiger partial charge in [-0.2, -0.15) is 0 Å².